The van der Waals surface area contributed by atoms with Crippen LogP contribution < -0.4 is 5.32 Å². The Kier molecular flexibility index (Phi) is 3.52. The van der Waals surface area contributed by atoms with Crippen molar-refractivity contribution in [3.8, 4) is 0 Å². The zero-order valence-corrected chi connectivity index (χ0v) is 10.9. The average Bonchev–Trinajstić information content (AvgIpc) is 2.90. The first-order valence-corrected chi connectivity index (χ1v) is 6.21. The Morgan fingerprint density at radius 1 is 1.59 bits per heavy atom. The fourth-order valence-electron chi connectivity index (χ4n) is 2.35. The van der Waals surface area contributed by atoms with Gasteiger partial charge in [-0.3, -0.25) is 4.79 Å². The van der Waals surface area contributed by atoms with E-state index in [-0.39, 0.29) is 5.91 Å². The molecule has 17 heavy (non-hydrogen) atoms. The van der Waals surface area contributed by atoms with E-state index in [1.165, 1.54) is 12.8 Å². The third kappa shape index (κ3) is 2.52. The lowest BCUT2D eigenvalue weighted by Gasteiger charge is -2.21. The van der Waals surface area contributed by atoms with Crippen molar-refractivity contribution in [3.63, 3.8) is 0 Å². The van der Waals surface area contributed by atoms with E-state index >= 15 is 0 Å². The molecule has 1 amide bonds. The number of rotatable bonds is 3. The van der Waals surface area contributed by atoms with Crippen LogP contribution in [0.5, 0.6) is 0 Å². The standard InChI is InChI=1S/C13H21N3O/c1-10-6-7-12(16(10)3)13(17)15(2)9-11-5-4-8-14-11/h6-7,11,14H,4-5,8-9H2,1-3H3. The number of nitrogens with zero attached hydrogens (tertiary/aromatic N) is 2. The van der Waals surface area contributed by atoms with E-state index in [4.69, 9.17) is 0 Å². The Labute approximate surface area is 103 Å². The maximum Gasteiger partial charge on any atom is 0.270 e. The lowest BCUT2D eigenvalue weighted by atomic mass is 10.2. The molecule has 4 heteroatoms. The van der Waals surface area contributed by atoms with Crippen molar-refractivity contribution in [1.82, 2.24) is 14.8 Å². The van der Waals surface area contributed by atoms with Crippen molar-refractivity contribution >= 4 is 5.91 Å². The highest BCUT2D eigenvalue weighted by molar-refractivity contribution is 5.92. The Hall–Kier alpha value is -1.29. The summed E-state index contributed by atoms with van der Waals surface area (Å²) in [6.45, 7) is 3.88. The van der Waals surface area contributed by atoms with Crippen LogP contribution in [0.15, 0.2) is 12.1 Å². The third-order valence-corrected chi connectivity index (χ3v) is 3.60. The Morgan fingerprint density at radius 3 is 2.88 bits per heavy atom. The van der Waals surface area contributed by atoms with Crippen LogP contribution in [-0.2, 0) is 7.05 Å². The van der Waals surface area contributed by atoms with Gasteiger partial charge in [-0.1, -0.05) is 0 Å². The third-order valence-electron chi connectivity index (χ3n) is 3.60. The fourth-order valence-corrected chi connectivity index (χ4v) is 2.35. The SMILES string of the molecule is Cc1ccc(C(=O)N(C)CC2CCCN2)n1C. The number of likely N-dealkylation sites (N-methyl/N-ethyl adjacent to an activating group) is 1. The molecule has 1 unspecified atom stereocenters. The van der Waals surface area contributed by atoms with Crippen LogP contribution in [0.2, 0.25) is 0 Å². The molecule has 0 radical (unpaired) electrons. The molecule has 1 aromatic heterocycles. The molecule has 1 atom stereocenters. The van der Waals surface area contributed by atoms with Gasteiger partial charge >= 0.3 is 0 Å². The van der Waals surface area contributed by atoms with Crippen LogP contribution in [0, 0.1) is 6.92 Å². The molecule has 0 bridgehead atoms. The largest absolute Gasteiger partial charge is 0.344 e. The molecule has 2 rings (SSSR count). The highest BCUT2D eigenvalue weighted by Gasteiger charge is 2.21. The number of carbonyl (C=O) groups is 1. The van der Waals surface area contributed by atoms with Crippen molar-refractivity contribution in [2.75, 3.05) is 20.1 Å². The second-order valence-corrected chi connectivity index (χ2v) is 4.90. The van der Waals surface area contributed by atoms with Crippen LogP contribution in [0.3, 0.4) is 0 Å². The monoisotopic (exact) mass is 235 g/mol. The van der Waals surface area contributed by atoms with Crippen LogP contribution in [0.4, 0.5) is 0 Å². The van der Waals surface area contributed by atoms with Gasteiger partial charge in [0.2, 0.25) is 0 Å². The fraction of sp³-hybridized carbons (Fsp3) is 0.615. The lowest BCUT2D eigenvalue weighted by molar-refractivity contribution is 0.0774. The van der Waals surface area contributed by atoms with E-state index in [2.05, 4.69) is 5.32 Å². The Bertz CT molecular complexity index is 405. The summed E-state index contributed by atoms with van der Waals surface area (Å²) >= 11 is 0. The number of aromatic nitrogens is 1. The maximum atomic E-state index is 12.2. The topological polar surface area (TPSA) is 37.3 Å². The van der Waals surface area contributed by atoms with E-state index in [1.54, 1.807) is 0 Å². The second-order valence-electron chi connectivity index (χ2n) is 4.90. The van der Waals surface area contributed by atoms with Crippen LogP contribution in [-0.4, -0.2) is 41.6 Å². The van der Waals surface area contributed by atoms with Crippen LogP contribution in [0.25, 0.3) is 0 Å². The number of hydrogen-bond donors (Lipinski definition) is 1. The van der Waals surface area contributed by atoms with Gasteiger partial charge < -0.3 is 14.8 Å². The molecule has 0 aliphatic carbocycles. The molecule has 1 saturated heterocycles. The molecule has 0 aromatic carbocycles. The number of amides is 1. The molecule has 1 N–H and O–H groups in total. The summed E-state index contributed by atoms with van der Waals surface area (Å²) in [5.74, 6) is 0.106. The van der Waals surface area contributed by atoms with Gasteiger partial charge in [0.25, 0.3) is 5.91 Å². The summed E-state index contributed by atoms with van der Waals surface area (Å²) in [7, 11) is 3.81. The molecule has 1 aromatic rings. The number of hydrogen-bond acceptors (Lipinski definition) is 2. The predicted molar refractivity (Wildman–Crippen MR) is 68.1 cm³/mol. The van der Waals surface area contributed by atoms with Gasteiger partial charge in [-0.15, -0.1) is 0 Å². The highest BCUT2D eigenvalue weighted by Crippen LogP contribution is 2.11. The van der Waals surface area contributed by atoms with E-state index in [0.717, 1.165) is 24.5 Å². The van der Waals surface area contributed by atoms with E-state index < -0.39 is 0 Å². The normalized spacial score (nSPS) is 19.6. The first-order valence-electron chi connectivity index (χ1n) is 6.21. The average molecular weight is 235 g/mol. The van der Waals surface area contributed by atoms with Crippen molar-refractivity contribution in [2.24, 2.45) is 7.05 Å². The summed E-state index contributed by atoms with van der Waals surface area (Å²) in [5, 5.41) is 3.41. The molecule has 1 fully saturated rings. The molecular formula is C13H21N3O. The van der Waals surface area contributed by atoms with Crippen molar-refractivity contribution in [1.29, 1.82) is 0 Å². The Balaban J connectivity index is 2.01. The van der Waals surface area contributed by atoms with Gasteiger partial charge in [0.15, 0.2) is 0 Å². The predicted octanol–water partition coefficient (Wildman–Crippen LogP) is 1.16. The van der Waals surface area contributed by atoms with Gasteiger partial charge in [-0.25, -0.2) is 0 Å². The molecule has 94 valence electrons. The molecule has 4 nitrogen and oxygen atoms in total. The number of carbonyl (C=O) groups excluding carboxylic acids is 1. The minimum Gasteiger partial charge on any atom is -0.344 e. The summed E-state index contributed by atoms with van der Waals surface area (Å²) in [6.07, 6.45) is 2.39. The summed E-state index contributed by atoms with van der Waals surface area (Å²) in [5.41, 5.74) is 1.88. The summed E-state index contributed by atoms with van der Waals surface area (Å²) in [4.78, 5) is 14.1. The lowest BCUT2D eigenvalue weighted by Crippen LogP contribution is -2.39. The Morgan fingerprint density at radius 2 is 2.35 bits per heavy atom. The second kappa shape index (κ2) is 4.92. The van der Waals surface area contributed by atoms with Crippen molar-refractivity contribution in [2.45, 2.75) is 25.8 Å². The highest BCUT2D eigenvalue weighted by atomic mass is 16.2. The van der Waals surface area contributed by atoms with Crippen LogP contribution in [0.1, 0.15) is 29.0 Å². The minimum atomic E-state index is 0.106. The smallest absolute Gasteiger partial charge is 0.270 e. The summed E-state index contributed by atoms with van der Waals surface area (Å²) < 4.78 is 1.95. The molecule has 1 aliphatic heterocycles. The molecule has 1 aliphatic rings. The van der Waals surface area contributed by atoms with Crippen molar-refractivity contribution < 1.29 is 4.79 Å². The first kappa shape index (κ1) is 12.2. The minimum absolute atomic E-state index is 0.106. The summed E-state index contributed by atoms with van der Waals surface area (Å²) in [6, 6.07) is 4.34. The van der Waals surface area contributed by atoms with Gasteiger partial charge in [-0.2, -0.15) is 0 Å². The quantitative estimate of drug-likeness (QED) is 0.853. The zero-order chi connectivity index (χ0) is 12.4. The number of aryl methyl sites for hydroxylation is 1. The van der Waals surface area contributed by atoms with Gasteiger partial charge in [0.05, 0.1) is 0 Å². The zero-order valence-electron chi connectivity index (χ0n) is 10.9. The molecular weight excluding hydrogens is 214 g/mol. The van der Waals surface area contributed by atoms with E-state index in [0.29, 0.717) is 6.04 Å². The van der Waals surface area contributed by atoms with Crippen LogP contribution >= 0.6 is 0 Å². The molecule has 2 heterocycles. The molecule has 0 spiro atoms. The first-order chi connectivity index (χ1) is 8.09. The van der Waals surface area contributed by atoms with Gasteiger partial charge in [-0.05, 0) is 38.4 Å². The van der Waals surface area contributed by atoms with E-state index in [9.17, 15) is 4.79 Å². The van der Waals surface area contributed by atoms with Gasteiger partial charge in [0.1, 0.15) is 5.69 Å². The number of nitrogens with one attached hydrogen (secondary N) is 1. The van der Waals surface area contributed by atoms with E-state index in [1.807, 2.05) is 42.6 Å². The maximum absolute atomic E-state index is 12.2. The molecule has 0 saturated carbocycles. The van der Waals surface area contributed by atoms with Crippen molar-refractivity contribution in [3.05, 3.63) is 23.5 Å². The van der Waals surface area contributed by atoms with Gasteiger partial charge in [0, 0.05) is 32.4 Å².